The van der Waals surface area contributed by atoms with E-state index in [4.69, 9.17) is 5.11 Å². The maximum atomic E-state index is 13.2. The second-order valence-corrected chi connectivity index (χ2v) is 2.95. The van der Waals surface area contributed by atoms with Crippen molar-refractivity contribution < 1.29 is 18.7 Å². The van der Waals surface area contributed by atoms with Crippen molar-refractivity contribution in [2.24, 2.45) is 0 Å². The molecule has 0 bridgehead atoms. The van der Waals surface area contributed by atoms with E-state index in [0.717, 1.165) is 18.5 Å². The first-order chi connectivity index (χ1) is 7.59. The third-order valence-corrected chi connectivity index (χ3v) is 1.92. The van der Waals surface area contributed by atoms with Crippen LogP contribution in [0.25, 0.3) is 11.3 Å². The Bertz CT molecular complexity index is 533. The van der Waals surface area contributed by atoms with E-state index >= 15 is 0 Å². The lowest BCUT2D eigenvalue weighted by atomic mass is 10.1. The number of hydrogen-bond acceptors (Lipinski definition) is 3. The molecule has 16 heavy (non-hydrogen) atoms. The van der Waals surface area contributed by atoms with E-state index in [1.165, 1.54) is 0 Å². The van der Waals surface area contributed by atoms with E-state index in [1.807, 2.05) is 0 Å². The molecule has 82 valence electrons. The van der Waals surface area contributed by atoms with Crippen molar-refractivity contribution in [3.63, 3.8) is 0 Å². The number of aromatic carboxylic acids is 1. The van der Waals surface area contributed by atoms with Gasteiger partial charge in [-0.2, -0.15) is 5.10 Å². The molecule has 5 nitrogen and oxygen atoms in total. The first-order valence-electron chi connectivity index (χ1n) is 4.17. The van der Waals surface area contributed by atoms with Gasteiger partial charge in [0, 0.05) is 0 Å². The number of rotatable bonds is 2. The molecular weight excluding hydrogens is 220 g/mol. The monoisotopic (exact) mass is 225 g/mol. The summed E-state index contributed by atoms with van der Waals surface area (Å²) in [6, 6.07) is 1.05. The number of hydrogen-bond donors (Lipinski definition) is 2. The SMILES string of the molecule is O=C(O)c1cc(-c2c(F)cncc2F)n[nH]1. The van der Waals surface area contributed by atoms with Gasteiger partial charge in [0.15, 0.2) is 11.6 Å². The van der Waals surface area contributed by atoms with Crippen LogP contribution in [0.5, 0.6) is 0 Å². The van der Waals surface area contributed by atoms with Gasteiger partial charge >= 0.3 is 5.97 Å². The van der Waals surface area contributed by atoms with Gasteiger partial charge in [0.25, 0.3) is 0 Å². The van der Waals surface area contributed by atoms with Crippen LogP contribution in [0.3, 0.4) is 0 Å². The fraction of sp³-hybridized carbons (Fsp3) is 0. The smallest absolute Gasteiger partial charge is 0.353 e. The van der Waals surface area contributed by atoms with Gasteiger partial charge in [-0.1, -0.05) is 0 Å². The fourth-order valence-corrected chi connectivity index (χ4v) is 1.22. The Morgan fingerprint density at radius 2 is 1.94 bits per heavy atom. The number of carboxylic acid groups (broad SMARTS) is 1. The van der Waals surface area contributed by atoms with Crippen LogP contribution in [0, 0.1) is 11.6 Å². The highest BCUT2D eigenvalue weighted by Gasteiger charge is 2.16. The highest BCUT2D eigenvalue weighted by atomic mass is 19.1. The average Bonchev–Trinajstić information content (AvgIpc) is 2.66. The summed E-state index contributed by atoms with van der Waals surface area (Å²) < 4.78 is 26.5. The van der Waals surface area contributed by atoms with Gasteiger partial charge in [0.2, 0.25) is 0 Å². The minimum absolute atomic E-state index is 0.116. The van der Waals surface area contributed by atoms with Crippen LogP contribution in [0.1, 0.15) is 10.5 Å². The number of nitrogens with one attached hydrogen (secondary N) is 1. The van der Waals surface area contributed by atoms with Crippen LogP contribution >= 0.6 is 0 Å². The summed E-state index contributed by atoms with van der Waals surface area (Å²) in [5, 5.41) is 14.3. The molecule has 0 atom stereocenters. The number of carboxylic acids is 1. The summed E-state index contributed by atoms with van der Waals surface area (Å²) >= 11 is 0. The molecule has 2 aromatic heterocycles. The van der Waals surface area contributed by atoms with E-state index in [-0.39, 0.29) is 11.4 Å². The number of H-pyrrole nitrogens is 1. The van der Waals surface area contributed by atoms with Crippen LogP contribution in [0.15, 0.2) is 18.5 Å². The normalized spacial score (nSPS) is 10.4. The lowest BCUT2D eigenvalue weighted by molar-refractivity contribution is 0.0690. The number of carbonyl (C=O) groups is 1. The van der Waals surface area contributed by atoms with Crippen LogP contribution in [-0.4, -0.2) is 26.3 Å². The zero-order valence-corrected chi connectivity index (χ0v) is 7.74. The van der Waals surface area contributed by atoms with Crippen molar-refractivity contribution in [3.05, 3.63) is 35.8 Å². The molecule has 2 aromatic rings. The highest BCUT2D eigenvalue weighted by Crippen LogP contribution is 2.23. The summed E-state index contributed by atoms with van der Waals surface area (Å²) in [6.07, 6.45) is 1.65. The molecule has 0 fully saturated rings. The maximum absolute atomic E-state index is 13.2. The molecule has 2 N–H and O–H groups in total. The van der Waals surface area contributed by atoms with Gasteiger partial charge in [0.1, 0.15) is 5.69 Å². The molecule has 0 saturated heterocycles. The predicted octanol–water partition coefficient (Wildman–Crippen LogP) is 1.45. The van der Waals surface area contributed by atoms with E-state index in [0.29, 0.717) is 0 Å². The highest BCUT2D eigenvalue weighted by molar-refractivity contribution is 5.86. The molecular formula is C9H5F2N3O2. The van der Waals surface area contributed by atoms with Crippen LogP contribution in [-0.2, 0) is 0 Å². The fourth-order valence-electron chi connectivity index (χ4n) is 1.22. The van der Waals surface area contributed by atoms with E-state index in [2.05, 4.69) is 15.2 Å². The minimum atomic E-state index is -1.26. The summed E-state index contributed by atoms with van der Waals surface area (Å²) in [4.78, 5) is 13.9. The van der Waals surface area contributed by atoms with Crippen LogP contribution < -0.4 is 0 Å². The number of nitrogens with zero attached hydrogens (tertiary/aromatic N) is 2. The Labute approximate surface area is 87.8 Å². The Morgan fingerprint density at radius 3 is 2.44 bits per heavy atom. The van der Waals surface area contributed by atoms with Gasteiger partial charge in [-0.05, 0) is 6.07 Å². The molecule has 2 rings (SSSR count). The van der Waals surface area contributed by atoms with Gasteiger partial charge in [-0.3, -0.25) is 10.1 Å². The molecule has 0 unspecified atom stereocenters. The second kappa shape index (κ2) is 3.69. The van der Waals surface area contributed by atoms with Crippen molar-refractivity contribution in [1.82, 2.24) is 15.2 Å². The first-order valence-corrected chi connectivity index (χ1v) is 4.17. The quantitative estimate of drug-likeness (QED) is 0.810. The Kier molecular flexibility index (Phi) is 2.35. The van der Waals surface area contributed by atoms with E-state index in [9.17, 15) is 13.6 Å². The Balaban J connectivity index is 2.54. The van der Waals surface area contributed by atoms with Gasteiger partial charge in [-0.25, -0.2) is 13.6 Å². The summed E-state index contributed by atoms with van der Waals surface area (Å²) in [7, 11) is 0. The minimum Gasteiger partial charge on any atom is -0.477 e. The Hall–Kier alpha value is -2.31. The van der Waals surface area contributed by atoms with E-state index in [1.54, 1.807) is 0 Å². The number of halogens is 2. The van der Waals surface area contributed by atoms with E-state index < -0.39 is 23.2 Å². The summed E-state index contributed by atoms with van der Waals surface area (Å²) in [5.74, 6) is -3.06. The van der Waals surface area contributed by atoms with Gasteiger partial charge in [-0.15, -0.1) is 0 Å². The van der Waals surface area contributed by atoms with Crippen molar-refractivity contribution in [2.45, 2.75) is 0 Å². The molecule has 2 heterocycles. The first kappa shape index (κ1) is 10.2. The number of pyridine rings is 1. The largest absolute Gasteiger partial charge is 0.477 e. The predicted molar refractivity (Wildman–Crippen MR) is 48.7 cm³/mol. The second-order valence-electron chi connectivity index (χ2n) is 2.95. The lowest BCUT2D eigenvalue weighted by Crippen LogP contribution is -1.95. The zero-order valence-electron chi connectivity index (χ0n) is 7.74. The third-order valence-electron chi connectivity index (χ3n) is 1.92. The molecule has 0 aliphatic carbocycles. The summed E-state index contributed by atoms with van der Waals surface area (Å²) in [5.41, 5.74) is -0.765. The van der Waals surface area contributed by atoms with Crippen molar-refractivity contribution >= 4 is 5.97 Å². The van der Waals surface area contributed by atoms with Gasteiger partial charge in [0.05, 0.1) is 23.7 Å². The number of aromatic amines is 1. The molecule has 0 radical (unpaired) electrons. The third kappa shape index (κ3) is 1.62. The standard InChI is InChI=1S/C9H5F2N3O2/c10-4-2-12-3-5(11)8(4)6-1-7(9(15)16)14-13-6/h1-3H,(H,13,14)(H,15,16). The molecule has 0 aliphatic rings. The maximum Gasteiger partial charge on any atom is 0.353 e. The molecule has 0 aromatic carbocycles. The van der Waals surface area contributed by atoms with Crippen LogP contribution in [0.4, 0.5) is 8.78 Å². The van der Waals surface area contributed by atoms with Crippen molar-refractivity contribution in [3.8, 4) is 11.3 Å². The molecule has 0 saturated carbocycles. The lowest BCUT2D eigenvalue weighted by Gasteiger charge is -1.98. The number of aromatic nitrogens is 3. The van der Waals surface area contributed by atoms with Crippen molar-refractivity contribution in [2.75, 3.05) is 0 Å². The topological polar surface area (TPSA) is 78.9 Å². The molecule has 0 spiro atoms. The molecule has 0 aliphatic heterocycles. The molecule has 7 heteroatoms. The molecule has 0 amide bonds. The summed E-state index contributed by atoms with van der Waals surface area (Å²) in [6.45, 7) is 0. The Morgan fingerprint density at radius 1 is 1.31 bits per heavy atom. The van der Waals surface area contributed by atoms with Crippen molar-refractivity contribution in [1.29, 1.82) is 0 Å². The van der Waals surface area contributed by atoms with Gasteiger partial charge < -0.3 is 5.11 Å². The average molecular weight is 225 g/mol. The zero-order chi connectivity index (χ0) is 11.7. The van der Waals surface area contributed by atoms with Crippen LogP contribution in [0.2, 0.25) is 0 Å².